The quantitative estimate of drug-likeness (QED) is 0.0304. The molecule has 35 heteroatoms. The van der Waals surface area contributed by atoms with Crippen LogP contribution in [0.2, 0.25) is 0 Å². The highest BCUT2D eigenvalue weighted by Crippen LogP contribution is 2.35. The van der Waals surface area contributed by atoms with Crippen LogP contribution in [-0.4, -0.2) is 225 Å². The zero-order chi connectivity index (χ0) is 94.5. The van der Waals surface area contributed by atoms with Crippen LogP contribution in [0.5, 0.6) is 11.5 Å². The predicted octanol–water partition coefficient (Wildman–Crippen LogP) is 8.61. The SMILES string of the molecule is C[C@@H](C(=O)N[C@H](C(=O)N1C[C@@H]2C[C@H]1C(=O)N[C@@H](Cc1ccc3ccccc3c1)C(=O)N[C@H](C#N)Cc1ccc(cc1)OCc1cn(nn1)[C@H]1C[C@@H](C(=O)N[C@@H](Cc3ccc4ccccc4c3)C(=O)N[C@H](C(=O)OC(C)(C)C)Cc3ccc(cc3)OCc3cn2nn3)N(C(=O)[C@@H](NC(=O)[C@H](C)N(C)C(=O)OC(C)(C)C)C(C)(C)C)C1)C(C)(C)C)N(C)C(=O)OC(C)(C)C.NO. The lowest BCUT2D eigenvalue weighted by atomic mass is 9.85. The van der Waals surface area contributed by atoms with Crippen molar-refractivity contribution in [2.24, 2.45) is 16.7 Å². The van der Waals surface area contributed by atoms with Crippen molar-refractivity contribution in [3.8, 4) is 17.6 Å². The van der Waals surface area contributed by atoms with Crippen LogP contribution in [0.1, 0.15) is 176 Å². The van der Waals surface area contributed by atoms with Gasteiger partial charge < -0.3 is 70.6 Å². The minimum Gasteiger partial charge on any atom is -0.487 e. The maximum absolute atomic E-state index is 15.7. The van der Waals surface area contributed by atoms with Crippen molar-refractivity contribution in [3.63, 3.8) is 0 Å². The fourth-order valence-electron chi connectivity index (χ4n) is 15.2. The van der Waals surface area contributed by atoms with Crippen LogP contribution in [0.3, 0.4) is 0 Å². The van der Waals surface area contributed by atoms with Crippen molar-refractivity contribution < 1.29 is 81.6 Å². The largest absolute Gasteiger partial charge is 0.487 e. The number of nitrogens with zero attached hydrogens (tertiary/aromatic N) is 11. The summed E-state index contributed by atoms with van der Waals surface area (Å²) in [5.41, 5.74) is -1.68. The molecule has 6 aliphatic heterocycles. The molecule has 6 aliphatic rings. The van der Waals surface area contributed by atoms with Gasteiger partial charge in [0.2, 0.25) is 47.3 Å². The number of esters is 1. The molecule has 14 rings (SSSR count). The van der Waals surface area contributed by atoms with E-state index >= 15 is 28.8 Å². The number of hydrogen-bond donors (Lipinski definition) is 8. The van der Waals surface area contributed by atoms with Crippen molar-refractivity contribution in [1.29, 1.82) is 5.26 Å². The minimum absolute atomic E-state index is 0.00358. The van der Waals surface area contributed by atoms with E-state index in [2.05, 4.69) is 64.5 Å². The number of benzene rings is 6. The summed E-state index contributed by atoms with van der Waals surface area (Å²) in [7, 11) is 2.82. The first-order valence-electron chi connectivity index (χ1n) is 43.1. The molecule has 10 amide bonds. The number of nitrogens with one attached hydrogen (secondary N) is 6. The van der Waals surface area contributed by atoms with Crippen molar-refractivity contribution in [2.45, 2.75) is 259 Å². The van der Waals surface area contributed by atoms with Gasteiger partial charge in [0.05, 0.1) is 30.5 Å². The fourth-order valence-corrected chi connectivity index (χ4v) is 15.2. The first-order valence-corrected chi connectivity index (χ1v) is 43.1. The zero-order valence-electron chi connectivity index (χ0n) is 76.8. The van der Waals surface area contributed by atoms with Crippen LogP contribution in [0.15, 0.2) is 146 Å². The van der Waals surface area contributed by atoms with Crippen molar-refractivity contribution in [1.82, 2.24) is 81.5 Å². The number of rotatable bonds is 13. The molecule has 690 valence electrons. The number of amides is 10. The number of nitrogens with two attached hydrogens (primary N) is 1. The van der Waals surface area contributed by atoms with Gasteiger partial charge in [-0.3, -0.25) is 48.2 Å². The van der Waals surface area contributed by atoms with Crippen molar-refractivity contribution in [2.75, 3.05) is 27.2 Å². The summed E-state index contributed by atoms with van der Waals surface area (Å²) < 4.78 is 32.7. The second kappa shape index (κ2) is 41.3. The summed E-state index contributed by atoms with van der Waals surface area (Å²) in [6.07, 6.45) is 1.28. The van der Waals surface area contributed by atoms with Crippen molar-refractivity contribution >= 4 is 87.0 Å². The summed E-state index contributed by atoms with van der Waals surface area (Å²) in [5.74, 6) is -2.17. The average molecular weight is 1780 g/mol. The standard InChI is InChI=1S/C94H119N17O16.H3NO/c1-55(106(18)88(121)126-93(12,13)14)79(112)100-77(90(3,4)5)85(118)108-51-68-46-75(108)83(116)97-72(44-59-28-34-61-24-20-22-26-63(61)40-59)81(114)96-65(48-95)42-57-30-36-70(37-31-57)123-53-66-49-111(104-102-66)69-47-76(109(52-69)86(119)78(91(6,7)8)101-80(113)56(2)107(19)89(122)127-94(15,16)17)84(117)98-73(45-60-29-35-62-25-21-23-27-64(62)41-60)82(115)99-74(87(120)125-92(9,10)11)43-58-32-38-71(39-33-58)124-54-67-50-110(68)105-103-67;1-2/h20-41,49-50,55-56,65,68-69,72-78H,42-47,51-54H2,1-19H3,(H,96,114)(H,97,116)(H,98,117)(H,99,115)(H,100,112)(H,101,113);2H,1H2/t55-,56-,65-,68-,69-,72-,73-,74-,75-,76-,77+,78+;/m0./s1. The lowest BCUT2D eigenvalue weighted by Gasteiger charge is -2.37. The zero-order valence-corrected chi connectivity index (χ0v) is 76.8. The normalized spacial score (nSPS) is 20.3. The van der Waals surface area contributed by atoms with Gasteiger partial charge in [-0.25, -0.2) is 29.6 Å². The maximum Gasteiger partial charge on any atom is 0.410 e. The molecule has 0 saturated carbocycles. The van der Waals surface area contributed by atoms with Crippen LogP contribution >= 0.6 is 0 Å². The molecule has 35 nitrogen and oxygen atoms in total. The molecule has 12 bridgehead atoms. The number of fused-ring (bicyclic) bond motifs is 2. The molecule has 6 aromatic carbocycles. The van der Waals surface area contributed by atoms with E-state index in [1.54, 1.807) is 165 Å². The van der Waals surface area contributed by atoms with Crippen LogP contribution in [0, 0.1) is 22.2 Å². The Morgan fingerprint density at radius 2 is 0.884 bits per heavy atom. The topological polar surface area (TPSA) is 451 Å². The van der Waals surface area contributed by atoms with Crippen molar-refractivity contribution in [3.05, 3.63) is 179 Å². The summed E-state index contributed by atoms with van der Waals surface area (Å²) in [4.78, 5) is 168. The molecular formula is C94H122N18O17. The van der Waals surface area contributed by atoms with E-state index in [4.69, 9.17) is 28.9 Å². The highest BCUT2D eigenvalue weighted by Gasteiger charge is 2.50. The fraction of sp³-hybridized carbons (Fsp3) is 0.489. The molecule has 2 saturated heterocycles. The van der Waals surface area contributed by atoms with E-state index in [9.17, 15) is 29.2 Å². The van der Waals surface area contributed by atoms with Gasteiger partial charge >= 0.3 is 18.2 Å². The molecular weight excluding hydrogens is 1650 g/mol. The van der Waals surface area contributed by atoms with Gasteiger partial charge in [-0.15, -0.1) is 10.2 Å². The number of likely N-dealkylation sites (tertiary alicyclic amines) is 2. The van der Waals surface area contributed by atoms with E-state index in [0.29, 0.717) is 45.1 Å². The van der Waals surface area contributed by atoms with Gasteiger partial charge in [-0.1, -0.05) is 161 Å². The third-order valence-electron chi connectivity index (χ3n) is 22.4. The van der Waals surface area contributed by atoms with Gasteiger partial charge in [0.15, 0.2) is 0 Å². The van der Waals surface area contributed by atoms with E-state index in [1.807, 2.05) is 84.9 Å². The number of nitriles is 1. The van der Waals surface area contributed by atoms with Gasteiger partial charge in [0.25, 0.3) is 0 Å². The van der Waals surface area contributed by atoms with E-state index in [1.165, 1.54) is 47.1 Å². The third kappa shape index (κ3) is 26.3. The van der Waals surface area contributed by atoms with Gasteiger partial charge in [0.1, 0.15) is 113 Å². The van der Waals surface area contributed by atoms with Gasteiger partial charge in [-0.2, -0.15) is 5.26 Å². The number of likely N-dealkylation sites (N-methyl/N-ethyl adjacent to an activating group) is 2. The Labute approximate surface area is 751 Å². The van der Waals surface area contributed by atoms with E-state index in [-0.39, 0.29) is 64.8 Å². The molecule has 129 heavy (non-hydrogen) atoms. The molecule has 0 aliphatic carbocycles. The van der Waals surface area contributed by atoms with Gasteiger partial charge in [-0.05, 0) is 155 Å². The number of carbonyl (C=O) groups excluding carboxylic acids is 11. The average Bonchev–Trinajstić information content (AvgIpc) is 1.64. The molecule has 12 atom stereocenters. The van der Waals surface area contributed by atoms with Gasteiger partial charge in [0, 0.05) is 65.7 Å². The van der Waals surface area contributed by atoms with E-state index in [0.717, 1.165) is 31.3 Å². The second-order valence-corrected chi connectivity index (χ2v) is 38.3. The smallest absolute Gasteiger partial charge is 0.410 e. The Morgan fingerprint density at radius 1 is 0.512 bits per heavy atom. The second-order valence-electron chi connectivity index (χ2n) is 38.3. The van der Waals surface area contributed by atoms with Crippen LogP contribution in [0.4, 0.5) is 9.59 Å². The first kappa shape index (κ1) is 98.1. The third-order valence-corrected chi connectivity index (χ3v) is 22.4. The van der Waals surface area contributed by atoms with Crippen LogP contribution < -0.4 is 47.3 Å². The summed E-state index contributed by atoms with van der Waals surface area (Å²) in [5, 5.41) is 56.3. The maximum atomic E-state index is 15.7. The Morgan fingerprint density at radius 3 is 1.26 bits per heavy atom. The number of hydrogen-bond acceptors (Lipinski definition) is 23. The lowest BCUT2D eigenvalue weighted by Crippen LogP contribution is -2.61. The Kier molecular flexibility index (Phi) is 31.4. The monoisotopic (exact) mass is 1770 g/mol. The number of aromatic nitrogens is 6. The highest BCUT2D eigenvalue weighted by molar-refractivity contribution is 5.99. The highest BCUT2D eigenvalue weighted by atomic mass is 16.6. The Hall–Kier alpha value is -13.1. The molecule has 0 unspecified atom stereocenters. The molecule has 8 aromatic rings. The molecule has 2 fully saturated rings. The summed E-state index contributed by atoms with van der Waals surface area (Å²) in [6, 6.07) is 28.0. The molecule has 0 radical (unpaired) electrons. The Balaban J connectivity index is 0.00000859. The minimum atomic E-state index is -1.42. The molecule has 8 heterocycles. The van der Waals surface area contributed by atoms with Crippen LogP contribution in [0.25, 0.3) is 21.5 Å². The van der Waals surface area contributed by atoms with E-state index < -0.39 is 166 Å². The molecule has 0 spiro atoms. The summed E-state index contributed by atoms with van der Waals surface area (Å²) >= 11 is 0. The summed E-state index contributed by atoms with van der Waals surface area (Å²) in [6.45, 7) is 28.2. The predicted molar refractivity (Wildman–Crippen MR) is 477 cm³/mol. The number of ether oxygens (including phenoxy) is 5. The molecule has 2 aromatic heterocycles. The first-order chi connectivity index (χ1) is 60.6. The molecule has 9 N–H and O–H groups in total. The van der Waals surface area contributed by atoms with Crippen LogP contribution in [-0.2, 0) is 96.3 Å². The lowest BCUT2D eigenvalue weighted by molar-refractivity contribution is -0.158. The Bertz CT molecular complexity index is 5400. The number of carbonyl (C=O) groups is 11.